The number of carboxylic acids is 1. The van der Waals surface area contributed by atoms with Crippen LogP contribution in [-0.4, -0.2) is 47.7 Å². The number of benzene rings is 2. The van der Waals surface area contributed by atoms with Crippen molar-refractivity contribution in [1.82, 2.24) is 29.5 Å². The number of aromatic nitrogens is 6. The van der Waals surface area contributed by atoms with Gasteiger partial charge in [-0.25, -0.2) is 14.5 Å². The predicted molar refractivity (Wildman–Crippen MR) is 135 cm³/mol. The normalized spacial score (nSPS) is 11.7. The number of fused-ring (bicyclic) bond motifs is 1. The van der Waals surface area contributed by atoms with Crippen molar-refractivity contribution in [2.45, 2.75) is 13.0 Å². The van der Waals surface area contributed by atoms with Crippen molar-refractivity contribution in [3.63, 3.8) is 0 Å². The number of nitrogens with one attached hydrogen (secondary N) is 1. The lowest BCUT2D eigenvalue weighted by Crippen LogP contribution is -2.18. The van der Waals surface area contributed by atoms with Crippen molar-refractivity contribution >= 4 is 30.5 Å². The van der Waals surface area contributed by atoms with Gasteiger partial charge in [0, 0.05) is 11.8 Å². The van der Waals surface area contributed by atoms with Crippen LogP contribution >= 0.6 is 13.5 Å². The van der Waals surface area contributed by atoms with Gasteiger partial charge < -0.3 is 9.84 Å². The first-order valence-corrected chi connectivity index (χ1v) is 10.5. The monoisotopic (exact) mass is 490 g/mol. The molecule has 0 aliphatic heterocycles. The third kappa shape index (κ3) is 4.28. The highest BCUT2D eigenvalue weighted by molar-refractivity contribution is 7.59. The lowest BCUT2D eigenvalue weighted by Gasteiger charge is -2.15. The van der Waals surface area contributed by atoms with E-state index in [1.165, 1.54) is 23.3 Å². The molecular weight excluding hydrogens is 468 g/mol. The smallest absolute Gasteiger partial charge is 0.338 e. The summed E-state index contributed by atoms with van der Waals surface area (Å²) < 4.78 is 8.29. The average Bonchev–Trinajstić information content (AvgIpc) is 3.52. The molecule has 11 heteroatoms. The van der Waals surface area contributed by atoms with Crippen LogP contribution in [0.3, 0.4) is 0 Å². The molecule has 0 unspecified atom stereocenters. The van der Waals surface area contributed by atoms with E-state index in [0.717, 1.165) is 22.4 Å². The fourth-order valence-electron chi connectivity index (χ4n) is 3.87. The number of hydrogen-bond donors (Lipinski definition) is 2. The number of H-pyrrole nitrogens is 1. The van der Waals surface area contributed by atoms with Gasteiger partial charge in [-0.2, -0.15) is 23.7 Å². The molecule has 2 N–H and O–H groups in total. The fraction of sp³-hybridized carbons (Fsp3) is 0.125. The molecule has 0 radical (unpaired) electrons. The Bertz CT molecular complexity index is 1570. The predicted octanol–water partition coefficient (Wildman–Crippen LogP) is 3.40. The van der Waals surface area contributed by atoms with Gasteiger partial charge in [0.05, 0.1) is 31.1 Å². The lowest BCUT2D eigenvalue weighted by atomic mass is 10.0. The minimum atomic E-state index is -1.12. The number of aromatic amines is 1. The van der Waals surface area contributed by atoms with Crippen LogP contribution in [0.5, 0.6) is 5.75 Å². The van der Waals surface area contributed by atoms with Gasteiger partial charge in [0.15, 0.2) is 5.52 Å². The van der Waals surface area contributed by atoms with Crippen molar-refractivity contribution in [3.8, 4) is 22.8 Å². The Morgan fingerprint density at radius 3 is 2.51 bits per heavy atom. The second kappa shape index (κ2) is 9.47. The minimum absolute atomic E-state index is 0. The van der Waals surface area contributed by atoms with Crippen LogP contribution in [-0.2, 0) is 0 Å². The summed E-state index contributed by atoms with van der Waals surface area (Å²) in [5.74, 6) is -0.214. The molecule has 178 valence electrons. The third-order valence-electron chi connectivity index (χ3n) is 5.67. The lowest BCUT2D eigenvalue weighted by molar-refractivity contribution is 0.0697. The summed E-state index contributed by atoms with van der Waals surface area (Å²) in [5, 5.41) is 17.4. The molecule has 5 rings (SSSR count). The van der Waals surface area contributed by atoms with E-state index in [1.54, 1.807) is 11.8 Å². The Morgan fingerprint density at radius 2 is 1.83 bits per heavy atom. The van der Waals surface area contributed by atoms with Crippen LogP contribution in [0.4, 0.5) is 0 Å². The fourth-order valence-corrected chi connectivity index (χ4v) is 3.87. The number of carbonyl (C=O) groups is 1. The first kappa shape index (κ1) is 23.8. The van der Waals surface area contributed by atoms with Gasteiger partial charge in [0.2, 0.25) is 5.95 Å². The number of para-hydroxylation sites is 1. The second-order valence-electron chi connectivity index (χ2n) is 7.69. The van der Waals surface area contributed by atoms with Gasteiger partial charge in [0.1, 0.15) is 11.3 Å². The third-order valence-corrected chi connectivity index (χ3v) is 5.67. The van der Waals surface area contributed by atoms with E-state index in [0.29, 0.717) is 11.0 Å². The molecule has 35 heavy (non-hydrogen) atoms. The molecule has 0 bridgehead atoms. The first-order chi connectivity index (χ1) is 16.5. The van der Waals surface area contributed by atoms with E-state index in [9.17, 15) is 9.59 Å². The molecule has 2 aromatic carbocycles. The van der Waals surface area contributed by atoms with E-state index >= 15 is 0 Å². The quantitative estimate of drug-likeness (QED) is 0.373. The zero-order valence-electron chi connectivity index (χ0n) is 18.8. The Kier molecular flexibility index (Phi) is 6.43. The molecule has 0 saturated carbocycles. The molecule has 3 heterocycles. The second-order valence-corrected chi connectivity index (χ2v) is 7.69. The Balaban J connectivity index is 0.00000289. The number of aromatic carboxylic acids is 1. The zero-order valence-corrected chi connectivity index (χ0v) is 19.8. The number of hydrogen-bond acceptors (Lipinski definition) is 6. The van der Waals surface area contributed by atoms with Crippen LogP contribution in [0.25, 0.3) is 28.1 Å². The molecule has 1 atom stereocenters. The molecule has 5 aromatic rings. The zero-order chi connectivity index (χ0) is 23.8. The molecule has 0 saturated heterocycles. The van der Waals surface area contributed by atoms with Gasteiger partial charge in [-0.3, -0.25) is 14.5 Å². The van der Waals surface area contributed by atoms with Crippen molar-refractivity contribution < 1.29 is 14.6 Å². The summed E-state index contributed by atoms with van der Waals surface area (Å²) in [6, 6.07) is 15.6. The van der Waals surface area contributed by atoms with E-state index in [1.807, 2.05) is 55.5 Å². The number of nitrogens with zero attached hydrogens (tertiary/aromatic N) is 5. The van der Waals surface area contributed by atoms with Crippen molar-refractivity contribution in [2.24, 2.45) is 0 Å². The summed E-state index contributed by atoms with van der Waals surface area (Å²) in [5.41, 5.74) is 3.25. The van der Waals surface area contributed by atoms with Crippen molar-refractivity contribution in [3.05, 3.63) is 88.6 Å². The van der Waals surface area contributed by atoms with Crippen LogP contribution in [0.1, 0.15) is 28.9 Å². The highest BCUT2D eigenvalue weighted by atomic mass is 32.1. The van der Waals surface area contributed by atoms with Crippen molar-refractivity contribution in [1.29, 1.82) is 0 Å². The minimum Gasteiger partial charge on any atom is -0.496 e. The maximum absolute atomic E-state index is 12.9. The summed E-state index contributed by atoms with van der Waals surface area (Å²) in [7, 11) is 1.65. The van der Waals surface area contributed by atoms with Crippen molar-refractivity contribution in [2.75, 3.05) is 7.11 Å². The maximum Gasteiger partial charge on any atom is 0.338 e. The Hall–Kier alpha value is -4.38. The van der Waals surface area contributed by atoms with Gasteiger partial charge in [-0.05, 0) is 24.1 Å². The molecule has 0 spiro atoms. The number of carboxylic acid groups (broad SMARTS) is 1. The molecular formula is C24H22N6O4S. The van der Waals surface area contributed by atoms with Crippen LogP contribution < -0.4 is 10.3 Å². The van der Waals surface area contributed by atoms with Gasteiger partial charge in [-0.15, -0.1) is 0 Å². The molecule has 10 nitrogen and oxygen atoms in total. The van der Waals surface area contributed by atoms with E-state index in [-0.39, 0.29) is 31.0 Å². The van der Waals surface area contributed by atoms with Crippen LogP contribution in [0.2, 0.25) is 0 Å². The topological polar surface area (TPSA) is 128 Å². The highest BCUT2D eigenvalue weighted by Crippen LogP contribution is 2.31. The summed E-state index contributed by atoms with van der Waals surface area (Å²) >= 11 is 0. The van der Waals surface area contributed by atoms with E-state index in [4.69, 9.17) is 9.84 Å². The van der Waals surface area contributed by atoms with Crippen LogP contribution in [0, 0.1) is 0 Å². The molecule has 0 aliphatic carbocycles. The van der Waals surface area contributed by atoms with E-state index < -0.39 is 11.5 Å². The SMILES string of the molecule is COc1ccccc1-c1ccc([C@H](C)n2ncc3nc(-n4cc(C(=O)O)cn4)[nH]c(=O)c32)cc1.S. The number of rotatable bonds is 6. The summed E-state index contributed by atoms with van der Waals surface area (Å²) in [6.45, 7) is 1.95. The highest BCUT2D eigenvalue weighted by Gasteiger charge is 2.18. The van der Waals surface area contributed by atoms with Gasteiger partial charge in [-0.1, -0.05) is 42.5 Å². The maximum atomic E-state index is 12.9. The standard InChI is InChI=1S/C24H20N6O4.H2S/c1-14(15-7-9-16(10-8-15)18-5-3-4-6-20(18)34-2)30-21-19(12-26-30)27-24(28-22(21)31)29-13-17(11-25-29)23(32)33;/h3-14H,1-2H3,(H,32,33)(H,27,28,31);1H2/t14-;/m0./s1. The number of ether oxygens (including phenoxy) is 1. The Labute approximate surface area is 206 Å². The van der Waals surface area contributed by atoms with Gasteiger partial charge >= 0.3 is 5.97 Å². The summed E-state index contributed by atoms with van der Waals surface area (Å²) in [6.07, 6.45) is 3.98. The summed E-state index contributed by atoms with van der Waals surface area (Å²) in [4.78, 5) is 31.1. The number of methoxy groups -OCH3 is 1. The van der Waals surface area contributed by atoms with Crippen LogP contribution in [0.15, 0.2) is 71.9 Å². The largest absolute Gasteiger partial charge is 0.496 e. The first-order valence-electron chi connectivity index (χ1n) is 10.5. The van der Waals surface area contributed by atoms with E-state index in [2.05, 4.69) is 20.2 Å². The van der Waals surface area contributed by atoms with Gasteiger partial charge in [0.25, 0.3) is 5.56 Å². The molecule has 3 aromatic heterocycles. The molecule has 0 aliphatic rings. The Morgan fingerprint density at radius 1 is 1.09 bits per heavy atom. The molecule has 0 amide bonds. The molecule has 0 fully saturated rings. The average molecular weight is 491 g/mol.